The summed E-state index contributed by atoms with van der Waals surface area (Å²) in [6.45, 7) is 0. The number of methoxy groups -OCH3 is 1. The van der Waals surface area contributed by atoms with Crippen LogP contribution in [0.3, 0.4) is 0 Å². The van der Waals surface area contributed by atoms with E-state index in [-0.39, 0.29) is 16.9 Å². The number of aromatic hydroxyl groups is 1. The second-order valence-corrected chi connectivity index (χ2v) is 4.08. The number of halogens is 4. The molecule has 106 valence electrons. The fourth-order valence-corrected chi connectivity index (χ4v) is 1.79. The van der Waals surface area contributed by atoms with Gasteiger partial charge in [-0.05, 0) is 35.9 Å². The zero-order chi connectivity index (χ0) is 14.9. The Morgan fingerprint density at radius 3 is 2.30 bits per heavy atom. The van der Waals surface area contributed by atoms with E-state index in [1.165, 1.54) is 19.2 Å². The summed E-state index contributed by atoms with van der Waals surface area (Å²) in [4.78, 5) is 0. The lowest BCUT2D eigenvalue weighted by Crippen LogP contribution is -2.05. The van der Waals surface area contributed by atoms with E-state index in [9.17, 15) is 22.7 Å². The zero-order valence-electron chi connectivity index (χ0n) is 10.3. The molecular weight excluding hydrogens is 276 g/mol. The van der Waals surface area contributed by atoms with Gasteiger partial charge in [0.25, 0.3) is 0 Å². The number of phenolic OH excluding ortho intramolecular Hbond substituents is 1. The van der Waals surface area contributed by atoms with E-state index in [0.29, 0.717) is 0 Å². The maximum Gasteiger partial charge on any atom is 0.416 e. The molecule has 0 amide bonds. The molecule has 2 aromatic carbocycles. The lowest BCUT2D eigenvalue weighted by Gasteiger charge is -2.13. The summed E-state index contributed by atoms with van der Waals surface area (Å²) >= 11 is 0. The SMILES string of the molecule is COc1ccc(C(F)(F)F)cc1-c1ccc(F)c(O)c1. The van der Waals surface area contributed by atoms with Crippen molar-refractivity contribution in [3.63, 3.8) is 0 Å². The number of hydrogen-bond acceptors (Lipinski definition) is 2. The molecule has 0 radical (unpaired) electrons. The third kappa shape index (κ3) is 2.68. The number of benzene rings is 2. The molecule has 0 saturated heterocycles. The average Bonchev–Trinajstić information content (AvgIpc) is 2.40. The van der Waals surface area contributed by atoms with Gasteiger partial charge in [-0.2, -0.15) is 13.2 Å². The van der Waals surface area contributed by atoms with Gasteiger partial charge in [0, 0.05) is 5.56 Å². The van der Waals surface area contributed by atoms with Crippen LogP contribution in [0.4, 0.5) is 17.6 Å². The summed E-state index contributed by atoms with van der Waals surface area (Å²) in [5, 5.41) is 9.32. The van der Waals surface area contributed by atoms with Crippen LogP contribution in [0.25, 0.3) is 11.1 Å². The van der Waals surface area contributed by atoms with Crippen LogP contribution in [-0.4, -0.2) is 12.2 Å². The molecule has 0 spiro atoms. The zero-order valence-corrected chi connectivity index (χ0v) is 10.3. The first-order valence-corrected chi connectivity index (χ1v) is 5.57. The van der Waals surface area contributed by atoms with Gasteiger partial charge in [-0.25, -0.2) is 4.39 Å². The van der Waals surface area contributed by atoms with Crippen molar-refractivity contribution in [3.8, 4) is 22.6 Å². The largest absolute Gasteiger partial charge is 0.505 e. The quantitative estimate of drug-likeness (QED) is 0.837. The number of phenols is 1. The van der Waals surface area contributed by atoms with E-state index < -0.39 is 23.3 Å². The summed E-state index contributed by atoms with van der Waals surface area (Å²) < 4.78 is 56.1. The minimum absolute atomic E-state index is 0.123. The Morgan fingerprint density at radius 2 is 1.75 bits per heavy atom. The van der Waals surface area contributed by atoms with E-state index in [4.69, 9.17) is 4.74 Å². The Balaban J connectivity index is 2.61. The maximum atomic E-state index is 13.0. The molecule has 0 aliphatic carbocycles. The normalized spacial score (nSPS) is 11.4. The van der Waals surface area contributed by atoms with Crippen molar-refractivity contribution in [1.82, 2.24) is 0 Å². The summed E-state index contributed by atoms with van der Waals surface area (Å²) in [6, 6.07) is 6.26. The molecule has 2 rings (SSSR count). The van der Waals surface area contributed by atoms with Crippen LogP contribution in [-0.2, 0) is 6.18 Å². The topological polar surface area (TPSA) is 29.5 Å². The summed E-state index contributed by atoms with van der Waals surface area (Å²) in [5.74, 6) is -1.29. The summed E-state index contributed by atoms with van der Waals surface area (Å²) in [6.07, 6.45) is -4.50. The molecule has 1 N–H and O–H groups in total. The van der Waals surface area contributed by atoms with Crippen molar-refractivity contribution in [1.29, 1.82) is 0 Å². The predicted molar refractivity (Wildman–Crippen MR) is 65.1 cm³/mol. The van der Waals surface area contributed by atoms with Gasteiger partial charge in [0.15, 0.2) is 11.6 Å². The van der Waals surface area contributed by atoms with E-state index in [1.54, 1.807) is 0 Å². The van der Waals surface area contributed by atoms with E-state index in [0.717, 1.165) is 24.3 Å². The lowest BCUT2D eigenvalue weighted by molar-refractivity contribution is -0.137. The molecule has 0 aliphatic rings. The highest BCUT2D eigenvalue weighted by Gasteiger charge is 2.31. The number of rotatable bonds is 2. The van der Waals surface area contributed by atoms with Crippen molar-refractivity contribution in [2.24, 2.45) is 0 Å². The first-order chi connectivity index (χ1) is 9.32. The summed E-state index contributed by atoms with van der Waals surface area (Å²) in [5.41, 5.74) is -0.499. The fourth-order valence-electron chi connectivity index (χ4n) is 1.79. The molecule has 0 heterocycles. The van der Waals surface area contributed by atoms with Gasteiger partial charge < -0.3 is 9.84 Å². The lowest BCUT2D eigenvalue weighted by atomic mass is 10.0. The number of hydrogen-bond donors (Lipinski definition) is 1. The Labute approximate surface area is 112 Å². The Hall–Kier alpha value is -2.24. The molecule has 0 aliphatic heterocycles. The number of ether oxygens (including phenoxy) is 1. The highest BCUT2D eigenvalue weighted by Crippen LogP contribution is 2.38. The first-order valence-electron chi connectivity index (χ1n) is 5.57. The maximum absolute atomic E-state index is 13.0. The smallest absolute Gasteiger partial charge is 0.416 e. The van der Waals surface area contributed by atoms with Crippen molar-refractivity contribution < 1.29 is 27.4 Å². The van der Waals surface area contributed by atoms with Crippen LogP contribution >= 0.6 is 0 Å². The van der Waals surface area contributed by atoms with Gasteiger partial charge >= 0.3 is 6.18 Å². The van der Waals surface area contributed by atoms with Gasteiger partial charge in [-0.1, -0.05) is 6.07 Å². The van der Waals surface area contributed by atoms with E-state index in [2.05, 4.69) is 0 Å². The van der Waals surface area contributed by atoms with Gasteiger partial charge in [0.2, 0.25) is 0 Å². The Kier molecular flexibility index (Phi) is 3.57. The minimum atomic E-state index is -4.50. The molecule has 0 fully saturated rings. The Morgan fingerprint density at radius 1 is 1.05 bits per heavy atom. The molecule has 0 aromatic heterocycles. The third-order valence-electron chi connectivity index (χ3n) is 2.78. The molecule has 0 saturated carbocycles. The molecule has 6 heteroatoms. The van der Waals surface area contributed by atoms with Crippen molar-refractivity contribution in [2.75, 3.05) is 7.11 Å². The van der Waals surface area contributed by atoms with Crippen LogP contribution in [0.2, 0.25) is 0 Å². The molecule has 0 unspecified atom stereocenters. The van der Waals surface area contributed by atoms with Crippen LogP contribution < -0.4 is 4.74 Å². The molecule has 0 bridgehead atoms. The first kappa shape index (κ1) is 14.2. The predicted octanol–water partition coefficient (Wildman–Crippen LogP) is 4.23. The van der Waals surface area contributed by atoms with E-state index in [1.807, 2.05) is 0 Å². The highest BCUT2D eigenvalue weighted by molar-refractivity contribution is 5.72. The standard InChI is InChI=1S/C14H10F4O2/c1-20-13-5-3-9(14(16,17)18)7-10(13)8-2-4-11(15)12(19)6-8/h2-7,19H,1H3. The van der Waals surface area contributed by atoms with Crippen molar-refractivity contribution >= 4 is 0 Å². The molecule has 0 atom stereocenters. The minimum Gasteiger partial charge on any atom is -0.505 e. The van der Waals surface area contributed by atoms with Crippen LogP contribution in [0.5, 0.6) is 11.5 Å². The fraction of sp³-hybridized carbons (Fsp3) is 0.143. The van der Waals surface area contributed by atoms with Crippen molar-refractivity contribution in [2.45, 2.75) is 6.18 Å². The monoisotopic (exact) mass is 286 g/mol. The van der Waals surface area contributed by atoms with Gasteiger partial charge in [-0.15, -0.1) is 0 Å². The average molecular weight is 286 g/mol. The van der Waals surface area contributed by atoms with Gasteiger partial charge in [0.1, 0.15) is 5.75 Å². The van der Waals surface area contributed by atoms with Crippen LogP contribution in [0.15, 0.2) is 36.4 Å². The third-order valence-corrected chi connectivity index (χ3v) is 2.78. The Bertz CT molecular complexity index is 636. The second-order valence-electron chi connectivity index (χ2n) is 4.08. The van der Waals surface area contributed by atoms with E-state index >= 15 is 0 Å². The number of alkyl halides is 3. The molecular formula is C14H10F4O2. The van der Waals surface area contributed by atoms with Crippen molar-refractivity contribution in [3.05, 3.63) is 47.8 Å². The van der Waals surface area contributed by atoms with Gasteiger partial charge in [0.05, 0.1) is 12.7 Å². The second kappa shape index (κ2) is 5.03. The highest BCUT2D eigenvalue weighted by atomic mass is 19.4. The molecule has 20 heavy (non-hydrogen) atoms. The summed E-state index contributed by atoms with van der Waals surface area (Å²) in [7, 11) is 1.31. The molecule has 2 aromatic rings. The molecule has 2 nitrogen and oxygen atoms in total. The van der Waals surface area contributed by atoms with Crippen LogP contribution in [0, 0.1) is 5.82 Å². The van der Waals surface area contributed by atoms with Crippen LogP contribution in [0.1, 0.15) is 5.56 Å². The van der Waals surface area contributed by atoms with Gasteiger partial charge in [-0.3, -0.25) is 0 Å².